The second-order valence-corrected chi connectivity index (χ2v) is 8.88. The van der Waals surface area contributed by atoms with Crippen molar-refractivity contribution < 1.29 is 31.5 Å². The van der Waals surface area contributed by atoms with Crippen LogP contribution in [0, 0.1) is 11.6 Å². The molecule has 2 amide bonds. The van der Waals surface area contributed by atoms with E-state index in [4.69, 9.17) is 5.73 Å². The van der Waals surface area contributed by atoms with Gasteiger partial charge in [-0.05, 0) is 41.0 Å². The maximum absolute atomic E-state index is 15.2. The summed E-state index contributed by atoms with van der Waals surface area (Å²) in [5.74, 6) is -2.76. The van der Waals surface area contributed by atoms with Crippen molar-refractivity contribution in [2.75, 3.05) is 6.54 Å². The SMILES string of the molecule is NC(=O)CNC(=O)c1cc(F)cc(-c2cccc3c(F)c(Cc4cccc(C(F)(F)F)c4)sc23)c1. The number of primary amides is 1. The lowest BCUT2D eigenvalue weighted by Gasteiger charge is -2.08. The Morgan fingerprint density at radius 1 is 0.971 bits per heavy atom. The van der Waals surface area contributed by atoms with Gasteiger partial charge in [-0.2, -0.15) is 13.2 Å². The Morgan fingerprint density at radius 3 is 2.43 bits per heavy atom. The molecule has 0 fully saturated rings. The van der Waals surface area contributed by atoms with E-state index < -0.39 is 41.7 Å². The standard InChI is InChI=1S/C25H17F5N2O2S/c26-17-10-14(9-15(11-17)24(34)32-12-21(31)33)18-5-2-6-19-22(27)20(35-23(18)19)8-13-3-1-4-16(7-13)25(28,29)30/h1-7,9-11H,8,12H2,(H2,31,33)(H,32,34). The number of fused-ring (bicyclic) bond motifs is 1. The fourth-order valence-corrected chi connectivity index (χ4v) is 4.92. The Labute approximate surface area is 200 Å². The van der Waals surface area contributed by atoms with Gasteiger partial charge in [0.15, 0.2) is 0 Å². The number of nitrogens with one attached hydrogen (secondary N) is 1. The largest absolute Gasteiger partial charge is 0.416 e. The van der Waals surface area contributed by atoms with Crippen LogP contribution in [-0.2, 0) is 17.4 Å². The number of rotatable bonds is 6. The topological polar surface area (TPSA) is 72.2 Å². The number of hydrogen-bond donors (Lipinski definition) is 2. The predicted molar refractivity (Wildman–Crippen MR) is 123 cm³/mol. The van der Waals surface area contributed by atoms with Crippen LogP contribution in [0.4, 0.5) is 22.0 Å². The van der Waals surface area contributed by atoms with Crippen molar-refractivity contribution in [1.82, 2.24) is 5.32 Å². The van der Waals surface area contributed by atoms with Crippen LogP contribution in [0.2, 0.25) is 0 Å². The second kappa shape index (κ2) is 9.46. The van der Waals surface area contributed by atoms with E-state index in [0.29, 0.717) is 21.4 Å². The number of benzene rings is 3. The third-order valence-corrected chi connectivity index (χ3v) is 6.45. The van der Waals surface area contributed by atoms with E-state index in [0.717, 1.165) is 29.5 Å². The van der Waals surface area contributed by atoms with E-state index in [9.17, 15) is 27.2 Å². The highest BCUT2D eigenvalue weighted by Gasteiger charge is 2.30. The fourth-order valence-electron chi connectivity index (χ4n) is 3.67. The van der Waals surface area contributed by atoms with Gasteiger partial charge in [0.05, 0.1) is 12.1 Å². The Balaban J connectivity index is 1.73. The van der Waals surface area contributed by atoms with Crippen LogP contribution in [0.5, 0.6) is 0 Å². The van der Waals surface area contributed by atoms with Crippen LogP contribution in [0.1, 0.15) is 26.4 Å². The number of nitrogens with two attached hydrogens (primary N) is 1. The molecule has 0 saturated heterocycles. The molecule has 3 N–H and O–H groups in total. The number of halogens is 5. The molecule has 0 aliphatic rings. The van der Waals surface area contributed by atoms with Gasteiger partial charge in [-0.1, -0.05) is 36.4 Å². The van der Waals surface area contributed by atoms with Crippen molar-refractivity contribution in [2.45, 2.75) is 12.6 Å². The molecule has 4 rings (SSSR count). The second-order valence-electron chi connectivity index (χ2n) is 7.77. The Hall–Kier alpha value is -3.79. The number of hydrogen-bond acceptors (Lipinski definition) is 3. The van der Waals surface area contributed by atoms with Gasteiger partial charge in [0, 0.05) is 26.9 Å². The Morgan fingerprint density at radius 2 is 1.71 bits per heavy atom. The van der Waals surface area contributed by atoms with Gasteiger partial charge in [-0.25, -0.2) is 8.78 Å². The van der Waals surface area contributed by atoms with Crippen molar-refractivity contribution in [3.8, 4) is 11.1 Å². The van der Waals surface area contributed by atoms with E-state index in [1.807, 2.05) is 0 Å². The van der Waals surface area contributed by atoms with Gasteiger partial charge < -0.3 is 11.1 Å². The number of alkyl halides is 3. The zero-order chi connectivity index (χ0) is 25.3. The van der Waals surface area contributed by atoms with Crippen LogP contribution < -0.4 is 11.1 Å². The number of thiophene rings is 1. The molecule has 180 valence electrons. The van der Waals surface area contributed by atoms with Crippen molar-refractivity contribution in [3.05, 3.63) is 93.9 Å². The molecule has 0 aliphatic heterocycles. The number of carbonyl (C=O) groups is 2. The first-order valence-electron chi connectivity index (χ1n) is 10.3. The third-order valence-electron chi connectivity index (χ3n) is 5.23. The Bertz CT molecular complexity index is 1450. The fraction of sp³-hybridized carbons (Fsp3) is 0.120. The van der Waals surface area contributed by atoms with E-state index >= 15 is 4.39 Å². The van der Waals surface area contributed by atoms with Crippen molar-refractivity contribution >= 4 is 33.2 Å². The maximum Gasteiger partial charge on any atom is 0.416 e. The molecule has 0 radical (unpaired) electrons. The molecule has 10 heteroatoms. The average Bonchev–Trinajstić information content (AvgIpc) is 3.12. The highest BCUT2D eigenvalue weighted by molar-refractivity contribution is 7.19. The summed E-state index contributed by atoms with van der Waals surface area (Å²) in [5, 5.41) is 2.51. The summed E-state index contributed by atoms with van der Waals surface area (Å²) in [4.78, 5) is 23.4. The maximum atomic E-state index is 15.2. The summed E-state index contributed by atoms with van der Waals surface area (Å²) in [6, 6.07) is 13.0. The van der Waals surface area contributed by atoms with Crippen LogP contribution in [0.15, 0.2) is 60.7 Å². The molecule has 4 aromatic rings. The predicted octanol–water partition coefficient (Wildman–Crippen LogP) is 5.67. The molecule has 1 aromatic heterocycles. The molecule has 1 heterocycles. The minimum Gasteiger partial charge on any atom is -0.368 e. The van der Waals surface area contributed by atoms with E-state index in [-0.39, 0.29) is 22.2 Å². The van der Waals surface area contributed by atoms with Crippen molar-refractivity contribution in [1.29, 1.82) is 0 Å². The molecule has 0 spiro atoms. The normalized spacial score (nSPS) is 11.6. The summed E-state index contributed by atoms with van der Waals surface area (Å²) in [7, 11) is 0. The summed E-state index contributed by atoms with van der Waals surface area (Å²) in [5.41, 5.74) is 5.18. The number of carbonyl (C=O) groups excluding carboxylic acids is 2. The van der Waals surface area contributed by atoms with Gasteiger partial charge in [0.25, 0.3) is 5.91 Å². The molecule has 4 nitrogen and oxygen atoms in total. The first-order valence-corrected chi connectivity index (χ1v) is 11.1. The van der Waals surface area contributed by atoms with Gasteiger partial charge in [0.2, 0.25) is 5.91 Å². The summed E-state index contributed by atoms with van der Waals surface area (Å²) < 4.78 is 69.2. The molecule has 3 aromatic carbocycles. The molecular weight excluding hydrogens is 487 g/mol. The smallest absolute Gasteiger partial charge is 0.368 e. The van der Waals surface area contributed by atoms with Crippen molar-refractivity contribution in [3.63, 3.8) is 0 Å². The molecule has 0 atom stereocenters. The van der Waals surface area contributed by atoms with E-state index in [1.54, 1.807) is 12.1 Å². The van der Waals surface area contributed by atoms with Crippen LogP contribution >= 0.6 is 11.3 Å². The highest BCUT2D eigenvalue weighted by Crippen LogP contribution is 2.39. The highest BCUT2D eigenvalue weighted by atomic mass is 32.1. The lowest BCUT2D eigenvalue weighted by Crippen LogP contribution is -2.33. The minimum absolute atomic E-state index is 0.0560. The van der Waals surface area contributed by atoms with Crippen LogP contribution in [-0.4, -0.2) is 18.4 Å². The minimum atomic E-state index is -4.51. The molecule has 0 bridgehead atoms. The monoisotopic (exact) mass is 504 g/mol. The van der Waals surface area contributed by atoms with Gasteiger partial charge in [-0.15, -0.1) is 11.3 Å². The number of amides is 2. The molecule has 0 unspecified atom stereocenters. The lowest BCUT2D eigenvalue weighted by atomic mass is 10.0. The average molecular weight is 504 g/mol. The lowest BCUT2D eigenvalue weighted by molar-refractivity contribution is -0.137. The summed E-state index contributed by atoms with van der Waals surface area (Å²) in [6.07, 6.45) is -4.57. The first-order chi connectivity index (χ1) is 16.5. The molecular formula is C25H17F5N2O2S. The van der Waals surface area contributed by atoms with Crippen LogP contribution in [0.25, 0.3) is 21.2 Å². The van der Waals surface area contributed by atoms with Gasteiger partial charge >= 0.3 is 6.18 Å². The third kappa shape index (κ3) is 5.32. The first kappa shape index (κ1) is 24.3. The molecule has 35 heavy (non-hydrogen) atoms. The summed E-state index contributed by atoms with van der Waals surface area (Å²) >= 11 is 1.05. The molecule has 0 saturated carbocycles. The Kier molecular flexibility index (Phi) is 6.58. The van der Waals surface area contributed by atoms with E-state index in [2.05, 4.69) is 5.32 Å². The van der Waals surface area contributed by atoms with Crippen LogP contribution in [0.3, 0.4) is 0 Å². The quantitative estimate of drug-likeness (QED) is 0.332. The van der Waals surface area contributed by atoms with E-state index in [1.165, 1.54) is 30.3 Å². The zero-order valence-electron chi connectivity index (χ0n) is 17.9. The summed E-state index contributed by atoms with van der Waals surface area (Å²) in [6.45, 7) is -0.421. The molecule has 0 aliphatic carbocycles. The zero-order valence-corrected chi connectivity index (χ0v) is 18.7. The van der Waals surface area contributed by atoms with Crippen molar-refractivity contribution in [2.24, 2.45) is 5.73 Å². The van der Waals surface area contributed by atoms with Gasteiger partial charge in [-0.3, -0.25) is 9.59 Å². The van der Waals surface area contributed by atoms with Gasteiger partial charge in [0.1, 0.15) is 11.6 Å².